The fourth-order valence-corrected chi connectivity index (χ4v) is 3.65. The molecule has 3 rings (SSSR count). The largest absolute Gasteiger partial charge is 0.481 e. The zero-order valence-electron chi connectivity index (χ0n) is 12.4. The molecule has 120 valence electrons. The zero-order chi connectivity index (χ0) is 15.0. The molecule has 0 saturated carbocycles. The fourth-order valence-electron chi connectivity index (χ4n) is 3.65. The van der Waals surface area contributed by atoms with E-state index in [1.54, 1.807) is 24.3 Å². The van der Waals surface area contributed by atoms with E-state index in [1.165, 1.54) is 0 Å². The first-order valence-corrected chi connectivity index (χ1v) is 7.28. The molecule has 2 aliphatic rings. The Bertz CT molecular complexity index is 547. The van der Waals surface area contributed by atoms with E-state index < -0.39 is 24.0 Å². The number of piperidine rings is 1. The van der Waals surface area contributed by atoms with Crippen molar-refractivity contribution in [1.29, 1.82) is 0 Å². The van der Waals surface area contributed by atoms with Crippen molar-refractivity contribution in [3.05, 3.63) is 35.9 Å². The van der Waals surface area contributed by atoms with Gasteiger partial charge in [-0.1, -0.05) is 18.2 Å². The van der Waals surface area contributed by atoms with Crippen molar-refractivity contribution >= 4 is 11.9 Å². The number of rotatable bonds is 3. The lowest BCUT2D eigenvalue weighted by Gasteiger charge is -2.40. The van der Waals surface area contributed by atoms with Crippen LogP contribution in [0.1, 0.15) is 29.6 Å². The molecule has 0 aliphatic carbocycles. The summed E-state index contributed by atoms with van der Waals surface area (Å²) in [6, 6.07) is 9.01. The first-order chi connectivity index (χ1) is 10.1. The van der Waals surface area contributed by atoms with Gasteiger partial charge in [-0.2, -0.15) is 0 Å². The number of carboxylic acids is 1. The van der Waals surface area contributed by atoms with Gasteiger partial charge in [0, 0.05) is 18.5 Å². The molecule has 4 atom stereocenters. The maximum atomic E-state index is 12.2. The summed E-state index contributed by atoms with van der Waals surface area (Å²) < 4.78 is 5.53. The topological polar surface area (TPSA) is 98.3 Å². The Kier molecular flexibility index (Phi) is 4.83. The van der Waals surface area contributed by atoms with Crippen LogP contribution < -0.4 is 0 Å². The zero-order valence-corrected chi connectivity index (χ0v) is 12.4. The molecule has 1 aromatic rings. The third-order valence-corrected chi connectivity index (χ3v) is 4.77. The molecule has 2 aliphatic heterocycles. The van der Waals surface area contributed by atoms with Gasteiger partial charge in [0.25, 0.3) is 0 Å². The van der Waals surface area contributed by atoms with E-state index in [-0.39, 0.29) is 11.5 Å². The van der Waals surface area contributed by atoms with E-state index in [2.05, 4.69) is 4.90 Å². The molecule has 1 aromatic carbocycles. The average molecular weight is 307 g/mol. The number of ether oxygens (including phenoxy) is 1. The number of benzene rings is 1. The van der Waals surface area contributed by atoms with Crippen molar-refractivity contribution in [2.24, 2.45) is 5.92 Å². The first kappa shape index (κ1) is 16.5. The normalized spacial score (nSPS) is 30.4. The monoisotopic (exact) mass is 307 g/mol. The summed E-state index contributed by atoms with van der Waals surface area (Å²) in [5.74, 6) is -1.95. The average Bonchev–Trinajstić information content (AvgIpc) is 2.72. The predicted molar refractivity (Wildman–Crippen MR) is 79.6 cm³/mol. The number of hydrogen-bond acceptors (Lipinski definition) is 4. The maximum absolute atomic E-state index is 12.2. The SMILES string of the molecule is CN1[C@H]2CC[C@@H]1[C@@H](C(=O)O)[C@@H](OC(=O)c1ccccc1)C2.O. The van der Waals surface area contributed by atoms with Crippen LogP contribution in [0.2, 0.25) is 0 Å². The van der Waals surface area contributed by atoms with Crippen molar-refractivity contribution in [1.82, 2.24) is 4.90 Å². The van der Waals surface area contributed by atoms with Gasteiger partial charge in [0.1, 0.15) is 12.0 Å². The fraction of sp³-hybridized carbons (Fsp3) is 0.500. The molecule has 0 amide bonds. The Morgan fingerprint density at radius 3 is 2.55 bits per heavy atom. The minimum absolute atomic E-state index is 0. The molecule has 0 spiro atoms. The smallest absolute Gasteiger partial charge is 0.338 e. The third kappa shape index (κ3) is 2.84. The van der Waals surface area contributed by atoms with Crippen LogP contribution in [0.3, 0.4) is 0 Å². The van der Waals surface area contributed by atoms with Crippen molar-refractivity contribution in [2.75, 3.05) is 7.05 Å². The summed E-state index contributed by atoms with van der Waals surface area (Å²) in [4.78, 5) is 25.9. The van der Waals surface area contributed by atoms with Crippen LogP contribution in [0.15, 0.2) is 30.3 Å². The van der Waals surface area contributed by atoms with Gasteiger partial charge in [0.05, 0.1) is 5.56 Å². The highest BCUT2D eigenvalue weighted by Crippen LogP contribution is 2.39. The summed E-state index contributed by atoms with van der Waals surface area (Å²) in [7, 11) is 1.97. The van der Waals surface area contributed by atoms with Crippen LogP contribution in [-0.2, 0) is 9.53 Å². The summed E-state index contributed by atoms with van der Waals surface area (Å²) in [5, 5.41) is 9.51. The van der Waals surface area contributed by atoms with Gasteiger partial charge in [-0.25, -0.2) is 4.79 Å². The van der Waals surface area contributed by atoms with Crippen LogP contribution >= 0.6 is 0 Å². The minimum Gasteiger partial charge on any atom is -0.481 e. The van der Waals surface area contributed by atoms with E-state index >= 15 is 0 Å². The number of carboxylic acid groups (broad SMARTS) is 1. The Morgan fingerprint density at radius 2 is 1.91 bits per heavy atom. The van der Waals surface area contributed by atoms with Crippen LogP contribution in [0.5, 0.6) is 0 Å². The van der Waals surface area contributed by atoms with Crippen molar-refractivity contribution in [3.8, 4) is 0 Å². The summed E-state index contributed by atoms with van der Waals surface area (Å²) in [5.41, 5.74) is 0.466. The number of nitrogens with zero attached hydrogens (tertiary/aromatic N) is 1. The number of hydrogen-bond donors (Lipinski definition) is 1. The number of esters is 1. The van der Waals surface area contributed by atoms with Gasteiger partial charge >= 0.3 is 11.9 Å². The Balaban J connectivity index is 0.00000176. The van der Waals surface area contributed by atoms with Crippen LogP contribution in [0, 0.1) is 5.92 Å². The van der Waals surface area contributed by atoms with Crippen molar-refractivity contribution in [2.45, 2.75) is 37.5 Å². The quantitative estimate of drug-likeness (QED) is 0.838. The maximum Gasteiger partial charge on any atom is 0.338 e. The molecule has 2 bridgehead atoms. The first-order valence-electron chi connectivity index (χ1n) is 7.28. The lowest BCUT2D eigenvalue weighted by molar-refractivity contribution is -0.152. The molecule has 2 saturated heterocycles. The molecule has 2 fully saturated rings. The molecule has 6 nitrogen and oxygen atoms in total. The van der Waals surface area contributed by atoms with Crippen molar-refractivity contribution < 1.29 is 24.9 Å². The Hall–Kier alpha value is -1.92. The third-order valence-electron chi connectivity index (χ3n) is 4.77. The molecule has 2 heterocycles. The van der Waals surface area contributed by atoms with E-state index in [9.17, 15) is 14.7 Å². The number of aliphatic carboxylic acids is 1. The summed E-state index contributed by atoms with van der Waals surface area (Å²) in [6.07, 6.45) is 1.90. The van der Waals surface area contributed by atoms with Crippen LogP contribution in [0.25, 0.3) is 0 Å². The lowest BCUT2D eigenvalue weighted by atomic mass is 9.87. The number of carbonyl (C=O) groups is 2. The molecular weight excluding hydrogens is 286 g/mol. The van der Waals surface area contributed by atoms with Gasteiger partial charge < -0.3 is 15.3 Å². The number of fused-ring (bicyclic) bond motifs is 2. The molecule has 0 radical (unpaired) electrons. The summed E-state index contributed by atoms with van der Waals surface area (Å²) in [6.45, 7) is 0. The van der Waals surface area contributed by atoms with E-state index in [4.69, 9.17) is 4.74 Å². The van der Waals surface area contributed by atoms with Gasteiger partial charge in [-0.3, -0.25) is 9.69 Å². The Morgan fingerprint density at radius 1 is 1.23 bits per heavy atom. The highest BCUT2D eigenvalue weighted by atomic mass is 16.5. The highest BCUT2D eigenvalue weighted by molar-refractivity contribution is 5.89. The standard InChI is InChI=1S/C16H19NO4.H2O/c1-17-11-7-8-12(17)14(15(18)19)13(9-11)21-16(20)10-5-3-2-4-6-10;/h2-6,11-14H,7-9H2,1H3,(H,18,19);1H2/t11-,12+,13-,14+;/m0./s1. The van der Waals surface area contributed by atoms with Crippen molar-refractivity contribution in [3.63, 3.8) is 0 Å². The molecule has 22 heavy (non-hydrogen) atoms. The molecule has 0 unspecified atom stereocenters. The minimum atomic E-state index is -0.877. The van der Waals surface area contributed by atoms with Crippen LogP contribution in [-0.4, -0.2) is 52.7 Å². The van der Waals surface area contributed by atoms with E-state index in [0.717, 1.165) is 12.8 Å². The second-order valence-corrected chi connectivity index (χ2v) is 5.87. The highest BCUT2D eigenvalue weighted by Gasteiger charge is 2.50. The van der Waals surface area contributed by atoms with Gasteiger partial charge in [0.2, 0.25) is 0 Å². The second-order valence-electron chi connectivity index (χ2n) is 5.87. The van der Waals surface area contributed by atoms with Gasteiger partial charge in [-0.05, 0) is 32.0 Å². The predicted octanol–water partition coefficient (Wildman–Crippen LogP) is 0.955. The second kappa shape index (κ2) is 6.46. The summed E-state index contributed by atoms with van der Waals surface area (Å²) >= 11 is 0. The van der Waals surface area contributed by atoms with Gasteiger partial charge in [0.15, 0.2) is 0 Å². The van der Waals surface area contributed by atoms with Gasteiger partial charge in [-0.15, -0.1) is 0 Å². The lowest BCUT2D eigenvalue weighted by Crippen LogP contribution is -2.53. The number of carbonyl (C=O) groups excluding carboxylic acids is 1. The Labute approximate surface area is 129 Å². The molecular formula is C16H21NO5. The molecule has 0 aromatic heterocycles. The van der Waals surface area contributed by atoms with E-state index in [0.29, 0.717) is 18.0 Å². The van der Waals surface area contributed by atoms with E-state index in [1.807, 2.05) is 13.1 Å². The molecule has 3 N–H and O–H groups in total. The van der Waals surface area contributed by atoms with Crippen LogP contribution in [0.4, 0.5) is 0 Å². The molecule has 6 heteroatoms.